The second-order valence-corrected chi connectivity index (χ2v) is 34.0. The van der Waals surface area contributed by atoms with E-state index in [4.69, 9.17) is 51.6 Å². The second-order valence-electron chi connectivity index (χ2n) is 34.0. The predicted molar refractivity (Wildman–Crippen MR) is 480 cm³/mol. The van der Waals surface area contributed by atoms with Crippen molar-refractivity contribution in [1.29, 1.82) is 0 Å². The molecule has 0 unspecified atom stereocenters. The number of nitrogens with one attached hydrogen (secondary N) is 11. The molecular formula is C90H154N20O12. The Morgan fingerprint density at radius 1 is 0.311 bits per heavy atom. The third kappa shape index (κ3) is 38.8. The van der Waals surface area contributed by atoms with Gasteiger partial charge in [-0.25, -0.2) is 0 Å². The van der Waals surface area contributed by atoms with Gasteiger partial charge in [0.15, 0.2) is 0 Å². The molecule has 0 bridgehead atoms. The maximum atomic E-state index is 16.2. The average Bonchev–Trinajstić information content (AvgIpc) is 0.767. The molecule has 0 heterocycles. The number of carbonyl (C=O) groups is 12. The van der Waals surface area contributed by atoms with Crippen molar-refractivity contribution >= 4 is 70.9 Å². The van der Waals surface area contributed by atoms with E-state index in [1.54, 1.807) is 44.2 Å². The van der Waals surface area contributed by atoms with E-state index in [1.165, 1.54) is 0 Å². The number of rotatable bonds is 66. The summed E-state index contributed by atoms with van der Waals surface area (Å²) < 4.78 is 0. The molecule has 3 aromatic rings. The average molecular weight is 1710 g/mol. The van der Waals surface area contributed by atoms with Crippen molar-refractivity contribution in [2.75, 3.05) is 45.8 Å². The Balaban J connectivity index is 2.14. The van der Waals surface area contributed by atoms with E-state index < -0.39 is 148 Å². The Bertz CT molecular complexity index is 3540. The fraction of sp³-hybridized carbons (Fsp3) is 0.667. The highest BCUT2D eigenvalue weighted by Gasteiger charge is 2.51. The van der Waals surface area contributed by atoms with E-state index in [-0.39, 0.29) is 122 Å². The number of hydrogen-bond donors (Lipinski definition) is 20. The highest BCUT2D eigenvalue weighted by molar-refractivity contribution is 6.02. The normalized spacial score (nSPS) is 14.0. The van der Waals surface area contributed by atoms with Crippen LogP contribution in [0.4, 0.5) is 0 Å². The molecule has 0 saturated carbocycles. The Hall–Kier alpha value is -9.02. The molecule has 0 aliphatic heterocycles. The molecule has 686 valence electrons. The zero-order valence-electron chi connectivity index (χ0n) is 74.3. The van der Waals surface area contributed by atoms with Gasteiger partial charge in [-0.05, 0) is 241 Å². The molecule has 0 fully saturated rings. The molecule has 122 heavy (non-hydrogen) atoms. The first-order valence-corrected chi connectivity index (χ1v) is 44.8. The van der Waals surface area contributed by atoms with Crippen LogP contribution >= 0.6 is 0 Å². The largest absolute Gasteiger partial charge is 0.368 e. The van der Waals surface area contributed by atoms with Crippen LogP contribution in [0.1, 0.15) is 245 Å². The van der Waals surface area contributed by atoms with Gasteiger partial charge in [0, 0.05) is 19.3 Å². The molecule has 12 amide bonds. The Labute approximate surface area is 725 Å². The maximum Gasteiger partial charge on any atom is 0.247 e. The summed E-state index contributed by atoms with van der Waals surface area (Å²) in [5.74, 6) is -9.70. The van der Waals surface area contributed by atoms with Crippen molar-refractivity contribution in [3.63, 3.8) is 0 Å². The number of amides is 12. The van der Waals surface area contributed by atoms with Crippen LogP contribution in [0.25, 0.3) is 0 Å². The van der Waals surface area contributed by atoms with Crippen molar-refractivity contribution in [2.45, 2.75) is 319 Å². The number of benzene rings is 3. The lowest BCUT2D eigenvalue weighted by molar-refractivity contribution is -0.142. The van der Waals surface area contributed by atoms with Crippen LogP contribution in [0.15, 0.2) is 91.0 Å². The number of nitrogens with two attached hydrogens (primary N) is 9. The molecular weight excluding hydrogens is 1550 g/mol. The van der Waals surface area contributed by atoms with Gasteiger partial charge in [0.2, 0.25) is 70.9 Å². The lowest BCUT2D eigenvalue weighted by atomic mass is 9.77. The van der Waals surface area contributed by atoms with Gasteiger partial charge >= 0.3 is 0 Å². The van der Waals surface area contributed by atoms with Gasteiger partial charge in [-0.2, -0.15) is 0 Å². The third-order valence-electron chi connectivity index (χ3n) is 21.9. The van der Waals surface area contributed by atoms with Gasteiger partial charge in [0.05, 0.1) is 5.54 Å². The molecule has 0 radical (unpaired) electrons. The number of hydrogen-bond acceptors (Lipinski definition) is 20. The van der Waals surface area contributed by atoms with E-state index in [9.17, 15) is 24.0 Å². The summed E-state index contributed by atoms with van der Waals surface area (Å²) in [5, 5.41) is 32.2. The molecule has 9 atom stereocenters. The van der Waals surface area contributed by atoms with Gasteiger partial charge in [0.25, 0.3) is 0 Å². The van der Waals surface area contributed by atoms with Gasteiger partial charge in [-0.3, -0.25) is 57.5 Å². The molecule has 3 aromatic carbocycles. The summed E-state index contributed by atoms with van der Waals surface area (Å²) in [4.78, 5) is 179. The minimum atomic E-state index is -1.74. The van der Waals surface area contributed by atoms with Crippen LogP contribution in [0.3, 0.4) is 0 Å². The van der Waals surface area contributed by atoms with Crippen LogP contribution in [0.5, 0.6) is 0 Å². The Morgan fingerprint density at radius 3 is 0.877 bits per heavy atom. The monoisotopic (exact) mass is 1710 g/mol. The SMILES string of the molecule is CCCC(N)(CCC)C(=O)NC(Cc1ccccc1)(Cc1ccccc1)C(=O)NC(CC(C)C)(CC(C)C)C(=O)N[C@@H](CCCCN)C(=O)N[C@H](C(=O)N[C@@H](Cc1ccccc1)C(=O)N[C@@H](CCCCN)C(=O)N[C@@H](CCCCN)C(=O)N[C@@H](CCCCN)C(=O)N[C@@H](CCCCN)C(=O)N[C@@H](CCCCN)C(=O)N[C@@H](CCCCN)C(N)=O)C(C)C. The van der Waals surface area contributed by atoms with Gasteiger partial charge in [-0.1, -0.05) is 159 Å². The highest BCUT2D eigenvalue weighted by atomic mass is 16.2. The van der Waals surface area contributed by atoms with Crippen molar-refractivity contribution in [1.82, 2.24) is 58.5 Å². The minimum Gasteiger partial charge on any atom is -0.368 e. The summed E-state index contributed by atoms with van der Waals surface area (Å²) in [5.41, 5.74) is 51.3. The van der Waals surface area contributed by atoms with Crippen LogP contribution in [0, 0.1) is 17.8 Å². The zero-order chi connectivity index (χ0) is 90.6. The van der Waals surface area contributed by atoms with E-state index in [2.05, 4.69) is 58.5 Å². The van der Waals surface area contributed by atoms with E-state index in [0.29, 0.717) is 134 Å². The van der Waals surface area contributed by atoms with E-state index in [0.717, 1.165) is 11.1 Å². The molecule has 29 N–H and O–H groups in total. The van der Waals surface area contributed by atoms with Crippen molar-refractivity contribution in [3.8, 4) is 0 Å². The topological polar surface area (TPSA) is 571 Å². The van der Waals surface area contributed by atoms with Crippen LogP contribution in [-0.4, -0.2) is 188 Å². The molecule has 0 aliphatic rings. The molecule has 3 rings (SSSR count). The summed E-state index contributed by atoms with van der Waals surface area (Å²) in [7, 11) is 0. The number of carbonyl (C=O) groups excluding carboxylic acids is 12. The van der Waals surface area contributed by atoms with Crippen molar-refractivity contribution in [3.05, 3.63) is 108 Å². The van der Waals surface area contributed by atoms with Gasteiger partial charge in [-0.15, -0.1) is 0 Å². The summed E-state index contributed by atoms with van der Waals surface area (Å²) in [6.45, 7) is 16.9. The minimum absolute atomic E-state index is 0.00703. The Morgan fingerprint density at radius 2 is 0.582 bits per heavy atom. The summed E-state index contributed by atoms with van der Waals surface area (Å²) >= 11 is 0. The van der Waals surface area contributed by atoms with Crippen molar-refractivity contribution in [2.24, 2.45) is 69.4 Å². The lowest BCUT2D eigenvalue weighted by Crippen LogP contribution is -2.71. The van der Waals surface area contributed by atoms with Crippen molar-refractivity contribution < 1.29 is 57.5 Å². The van der Waals surface area contributed by atoms with E-state index >= 15 is 33.6 Å². The third-order valence-corrected chi connectivity index (χ3v) is 21.9. The number of primary amides is 1. The molecule has 0 saturated heterocycles. The maximum absolute atomic E-state index is 16.2. The smallest absolute Gasteiger partial charge is 0.247 e. The first kappa shape index (κ1) is 107. The summed E-state index contributed by atoms with van der Waals surface area (Å²) in [6.07, 6.45) is 8.52. The quantitative estimate of drug-likeness (QED) is 0.0361. The van der Waals surface area contributed by atoms with Crippen LogP contribution in [0.2, 0.25) is 0 Å². The zero-order valence-corrected chi connectivity index (χ0v) is 74.3. The molecule has 0 spiro atoms. The van der Waals surface area contributed by atoms with Crippen LogP contribution in [-0.2, 0) is 76.8 Å². The molecule has 32 heteroatoms. The molecule has 0 aromatic heterocycles. The fourth-order valence-electron chi connectivity index (χ4n) is 15.4. The van der Waals surface area contributed by atoms with Gasteiger partial charge in [0.1, 0.15) is 65.5 Å². The van der Waals surface area contributed by atoms with E-state index in [1.807, 2.05) is 102 Å². The second kappa shape index (κ2) is 58.9. The lowest BCUT2D eigenvalue weighted by Gasteiger charge is -2.43. The van der Waals surface area contributed by atoms with Gasteiger partial charge < -0.3 is 110 Å². The predicted octanol–water partition coefficient (Wildman–Crippen LogP) is 3.22. The van der Waals surface area contributed by atoms with Crippen LogP contribution < -0.4 is 110 Å². The first-order valence-electron chi connectivity index (χ1n) is 44.8. The Kier molecular flexibility index (Phi) is 51.8. The fourth-order valence-corrected chi connectivity index (χ4v) is 15.4. The standard InChI is InChI=1S/C90H154N20O12/c1-9-47-88(99,48-10-2)85(120)109-90(59-65-36-16-12-17-37-65,60-66-38-18-13-19-39-66)87(122)110-89(57-61(3)4,58-62(5)6)86(121)107-73(46-26-33-55-97)82(117)108-75(63(7)8)84(119)106-74(56-64-34-14-11-15-35-64)83(118)105-72(45-25-32-54-96)81(116)104-71(44-24-31-53-95)80(115)103-70(43-23-30-52-94)79(114)102-69(42-22-29-51-93)78(113)101-68(41-21-28-50-92)77(112)100-67(76(98)111)40-20-27-49-91/h11-19,34-39,61-63,67-75H,9-10,20-33,40-60,91-97,99H2,1-8H3,(H2,98,111)(H,100,112)(H,101,113)(H,102,114)(H,103,115)(H,104,116)(H,105,118)(H,106,119)(H,107,121)(H,108,117)(H,109,120)(H,110,122)/t67-,68-,69-,70-,71-,72-,73-,74-,75-/m0/s1. The number of unbranched alkanes of at least 4 members (excludes halogenated alkanes) is 7. The summed E-state index contributed by atoms with van der Waals surface area (Å²) in [6, 6.07) is 15.9. The first-order chi connectivity index (χ1) is 58.3. The highest BCUT2D eigenvalue weighted by Crippen LogP contribution is 2.31. The molecule has 32 nitrogen and oxygen atoms in total. The molecule has 0 aliphatic carbocycles.